The van der Waals surface area contributed by atoms with Crippen LogP contribution in [0.15, 0.2) is 54.9 Å². The minimum absolute atomic E-state index is 0.321. The minimum Gasteiger partial charge on any atom is -0.305 e. The third-order valence-corrected chi connectivity index (χ3v) is 2.17. The van der Waals surface area contributed by atoms with Crippen LogP contribution in [0, 0.1) is 0 Å². The van der Waals surface area contributed by atoms with Crippen molar-refractivity contribution in [2.45, 2.75) is 6.61 Å². The summed E-state index contributed by atoms with van der Waals surface area (Å²) in [5.74, 6) is 0. The van der Waals surface area contributed by atoms with E-state index in [-0.39, 0.29) is 0 Å². The van der Waals surface area contributed by atoms with E-state index >= 15 is 0 Å². The van der Waals surface area contributed by atoms with Crippen LogP contribution in [0.2, 0.25) is 0 Å². The second kappa shape index (κ2) is 6.36. The standard InChI is InChI=1S/C13H13N3O2/c17-13(15-12-7-4-8-14-9-12)16-18-10-11-5-2-1-3-6-11/h1-9H,10H2,(H2,15,16,17). The SMILES string of the molecule is O=C(NOCc1ccccc1)Nc1cccnc1. The average Bonchev–Trinajstić information content (AvgIpc) is 2.41. The molecule has 2 aromatic rings. The number of hydrogen-bond acceptors (Lipinski definition) is 3. The Labute approximate surface area is 105 Å². The van der Waals surface area contributed by atoms with Gasteiger partial charge in [0, 0.05) is 6.20 Å². The minimum atomic E-state index is -0.432. The second-order valence-corrected chi connectivity index (χ2v) is 3.57. The molecule has 5 heteroatoms. The quantitative estimate of drug-likeness (QED) is 0.810. The average molecular weight is 243 g/mol. The van der Waals surface area contributed by atoms with Gasteiger partial charge in [0.15, 0.2) is 0 Å². The molecule has 92 valence electrons. The van der Waals surface area contributed by atoms with Crippen LogP contribution in [0.3, 0.4) is 0 Å². The van der Waals surface area contributed by atoms with Gasteiger partial charge in [-0.1, -0.05) is 30.3 Å². The molecular weight excluding hydrogens is 230 g/mol. The summed E-state index contributed by atoms with van der Waals surface area (Å²) in [5.41, 5.74) is 3.90. The predicted octanol–water partition coefficient (Wildman–Crippen LogP) is 2.33. The van der Waals surface area contributed by atoms with Gasteiger partial charge in [-0.2, -0.15) is 0 Å². The number of nitrogens with zero attached hydrogens (tertiary/aromatic N) is 1. The van der Waals surface area contributed by atoms with Crippen molar-refractivity contribution in [3.63, 3.8) is 0 Å². The third kappa shape index (κ3) is 3.88. The number of urea groups is 1. The van der Waals surface area contributed by atoms with Crippen LogP contribution in [0.5, 0.6) is 0 Å². The Kier molecular flexibility index (Phi) is 4.27. The topological polar surface area (TPSA) is 63.2 Å². The van der Waals surface area contributed by atoms with E-state index in [1.54, 1.807) is 24.5 Å². The van der Waals surface area contributed by atoms with Gasteiger partial charge in [0.25, 0.3) is 0 Å². The third-order valence-electron chi connectivity index (χ3n) is 2.17. The van der Waals surface area contributed by atoms with Crippen molar-refractivity contribution in [3.8, 4) is 0 Å². The van der Waals surface area contributed by atoms with Crippen molar-refractivity contribution in [2.75, 3.05) is 5.32 Å². The number of amides is 2. The fraction of sp³-hybridized carbons (Fsp3) is 0.0769. The number of pyridine rings is 1. The predicted molar refractivity (Wildman–Crippen MR) is 67.6 cm³/mol. The fourth-order valence-corrected chi connectivity index (χ4v) is 1.35. The summed E-state index contributed by atoms with van der Waals surface area (Å²) >= 11 is 0. The molecule has 0 saturated carbocycles. The Balaban J connectivity index is 1.73. The Morgan fingerprint density at radius 2 is 2.00 bits per heavy atom. The number of carbonyl (C=O) groups is 1. The molecule has 0 unspecified atom stereocenters. The number of hydrogen-bond donors (Lipinski definition) is 2. The lowest BCUT2D eigenvalue weighted by molar-refractivity contribution is 0.0536. The van der Waals surface area contributed by atoms with E-state index < -0.39 is 6.03 Å². The maximum atomic E-state index is 11.4. The van der Waals surface area contributed by atoms with Crippen LogP contribution >= 0.6 is 0 Å². The van der Waals surface area contributed by atoms with Gasteiger partial charge in [0.1, 0.15) is 0 Å². The summed E-state index contributed by atoms with van der Waals surface area (Å²) in [6.07, 6.45) is 3.19. The molecule has 0 saturated heterocycles. The van der Waals surface area contributed by atoms with E-state index in [0.717, 1.165) is 5.56 Å². The Bertz CT molecular complexity index is 488. The van der Waals surface area contributed by atoms with E-state index in [1.807, 2.05) is 30.3 Å². The molecule has 2 amide bonds. The first-order valence-corrected chi connectivity index (χ1v) is 5.47. The van der Waals surface area contributed by atoms with Crippen molar-refractivity contribution in [1.29, 1.82) is 0 Å². The number of aromatic nitrogens is 1. The van der Waals surface area contributed by atoms with Gasteiger partial charge in [-0.05, 0) is 17.7 Å². The van der Waals surface area contributed by atoms with Crippen LogP contribution in [0.25, 0.3) is 0 Å². The van der Waals surface area contributed by atoms with Gasteiger partial charge >= 0.3 is 6.03 Å². The van der Waals surface area contributed by atoms with Crippen LogP contribution in [0.4, 0.5) is 10.5 Å². The molecule has 1 heterocycles. The monoisotopic (exact) mass is 243 g/mol. The van der Waals surface area contributed by atoms with Crippen LogP contribution in [-0.4, -0.2) is 11.0 Å². The molecular formula is C13H13N3O2. The van der Waals surface area contributed by atoms with Gasteiger partial charge in [-0.3, -0.25) is 9.82 Å². The van der Waals surface area contributed by atoms with Gasteiger partial charge in [-0.25, -0.2) is 10.3 Å². The van der Waals surface area contributed by atoms with E-state index in [1.165, 1.54) is 0 Å². The lowest BCUT2D eigenvalue weighted by Gasteiger charge is -2.07. The molecule has 2 rings (SSSR count). The van der Waals surface area contributed by atoms with Crippen molar-refractivity contribution in [1.82, 2.24) is 10.5 Å². The second-order valence-electron chi connectivity index (χ2n) is 3.57. The highest BCUT2D eigenvalue weighted by atomic mass is 16.7. The molecule has 0 fully saturated rings. The number of hydroxylamine groups is 1. The molecule has 0 bridgehead atoms. The number of rotatable bonds is 4. The number of anilines is 1. The smallest absolute Gasteiger partial charge is 0.305 e. The van der Waals surface area contributed by atoms with Gasteiger partial charge < -0.3 is 5.32 Å². The first kappa shape index (κ1) is 12.1. The molecule has 0 spiro atoms. The summed E-state index contributed by atoms with van der Waals surface area (Å²) in [7, 11) is 0. The van der Waals surface area contributed by atoms with Gasteiger partial charge in [0.05, 0.1) is 18.5 Å². The number of nitrogens with one attached hydrogen (secondary N) is 2. The van der Waals surface area contributed by atoms with Crippen molar-refractivity contribution >= 4 is 11.7 Å². The summed E-state index contributed by atoms with van der Waals surface area (Å²) in [5, 5.41) is 2.59. The molecule has 0 aliphatic rings. The molecule has 1 aromatic carbocycles. The first-order chi connectivity index (χ1) is 8.84. The van der Waals surface area contributed by atoms with Crippen LogP contribution in [0.1, 0.15) is 5.56 Å². The maximum absolute atomic E-state index is 11.4. The van der Waals surface area contributed by atoms with Crippen molar-refractivity contribution in [3.05, 3.63) is 60.4 Å². The normalized spacial score (nSPS) is 9.78. The summed E-state index contributed by atoms with van der Waals surface area (Å²) in [4.78, 5) is 20.4. The highest BCUT2D eigenvalue weighted by molar-refractivity contribution is 5.88. The fourth-order valence-electron chi connectivity index (χ4n) is 1.35. The summed E-state index contributed by atoms with van der Waals surface area (Å²) < 4.78 is 0. The largest absolute Gasteiger partial charge is 0.343 e. The molecule has 0 aliphatic heterocycles. The lowest BCUT2D eigenvalue weighted by Crippen LogP contribution is -2.28. The van der Waals surface area contributed by atoms with E-state index in [9.17, 15) is 4.79 Å². The van der Waals surface area contributed by atoms with E-state index in [0.29, 0.717) is 12.3 Å². The van der Waals surface area contributed by atoms with Crippen molar-refractivity contribution in [2.24, 2.45) is 0 Å². The summed E-state index contributed by atoms with van der Waals surface area (Å²) in [6.45, 7) is 0.321. The summed E-state index contributed by atoms with van der Waals surface area (Å²) in [6, 6.07) is 12.6. The van der Waals surface area contributed by atoms with E-state index in [2.05, 4.69) is 15.8 Å². The Hall–Kier alpha value is -2.40. The number of benzene rings is 1. The molecule has 0 radical (unpaired) electrons. The molecule has 1 aromatic heterocycles. The zero-order chi connectivity index (χ0) is 12.6. The zero-order valence-corrected chi connectivity index (χ0v) is 9.67. The van der Waals surface area contributed by atoms with Crippen molar-refractivity contribution < 1.29 is 9.63 Å². The zero-order valence-electron chi connectivity index (χ0n) is 9.67. The number of carbonyl (C=O) groups excluding carboxylic acids is 1. The lowest BCUT2D eigenvalue weighted by atomic mass is 10.2. The maximum Gasteiger partial charge on any atom is 0.343 e. The van der Waals surface area contributed by atoms with E-state index in [4.69, 9.17) is 4.84 Å². The molecule has 5 nitrogen and oxygen atoms in total. The molecule has 0 aliphatic carbocycles. The highest BCUT2D eigenvalue weighted by Gasteiger charge is 2.00. The molecule has 2 N–H and O–H groups in total. The Morgan fingerprint density at radius 3 is 2.72 bits per heavy atom. The molecule has 18 heavy (non-hydrogen) atoms. The first-order valence-electron chi connectivity index (χ1n) is 5.47. The van der Waals surface area contributed by atoms with Gasteiger partial charge in [-0.15, -0.1) is 0 Å². The van der Waals surface area contributed by atoms with Crippen LogP contribution in [-0.2, 0) is 11.4 Å². The highest BCUT2D eigenvalue weighted by Crippen LogP contribution is 2.02. The Morgan fingerprint density at radius 1 is 1.17 bits per heavy atom. The van der Waals surface area contributed by atoms with Gasteiger partial charge in [0.2, 0.25) is 0 Å². The molecule has 0 atom stereocenters. The van der Waals surface area contributed by atoms with Crippen LogP contribution < -0.4 is 10.8 Å².